The molecule has 0 saturated carbocycles. The first-order valence-corrected chi connectivity index (χ1v) is 6.97. The Kier molecular flexibility index (Phi) is 3.52. The van der Waals surface area contributed by atoms with Gasteiger partial charge in [0.1, 0.15) is 0 Å². The van der Waals surface area contributed by atoms with Crippen molar-refractivity contribution in [2.24, 2.45) is 0 Å². The number of fused-ring (bicyclic) bond motifs is 1. The van der Waals surface area contributed by atoms with Crippen LogP contribution in [0.5, 0.6) is 0 Å². The summed E-state index contributed by atoms with van der Waals surface area (Å²) in [6.45, 7) is 0. The Morgan fingerprint density at radius 3 is 2.80 bits per heavy atom. The fourth-order valence-corrected chi connectivity index (χ4v) is 2.40. The largest absolute Gasteiger partial charge is 0.322 e. The summed E-state index contributed by atoms with van der Waals surface area (Å²) in [5, 5.41) is 6.76. The standard InChI is InChI=1S/C15H11N3OS/c19-15(4-1-11-5-8-20-10-11)18-12-2-3-13-14(9-12)17-7-6-16-13/h1-10H,(H,18,19). The van der Waals surface area contributed by atoms with Gasteiger partial charge in [-0.25, -0.2) is 0 Å². The van der Waals surface area contributed by atoms with E-state index in [-0.39, 0.29) is 5.91 Å². The first kappa shape index (κ1) is 12.5. The van der Waals surface area contributed by atoms with Gasteiger partial charge in [0.15, 0.2) is 0 Å². The second-order valence-corrected chi connectivity index (χ2v) is 4.92. The van der Waals surface area contributed by atoms with Crippen molar-refractivity contribution >= 4 is 40.0 Å². The molecule has 0 atom stereocenters. The number of hydrogen-bond donors (Lipinski definition) is 1. The summed E-state index contributed by atoms with van der Waals surface area (Å²) >= 11 is 1.60. The Hall–Kier alpha value is -2.53. The van der Waals surface area contributed by atoms with Crippen molar-refractivity contribution in [3.63, 3.8) is 0 Å². The van der Waals surface area contributed by atoms with E-state index in [9.17, 15) is 4.79 Å². The van der Waals surface area contributed by atoms with Crippen LogP contribution in [0.4, 0.5) is 5.69 Å². The van der Waals surface area contributed by atoms with Crippen molar-refractivity contribution in [3.05, 3.63) is 59.1 Å². The number of amides is 1. The summed E-state index contributed by atoms with van der Waals surface area (Å²) in [5.74, 6) is -0.167. The number of carbonyl (C=O) groups is 1. The van der Waals surface area contributed by atoms with Crippen molar-refractivity contribution in [3.8, 4) is 0 Å². The van der Waals surface area contributed by atoms with Crippen LogP contribution in [0.3, 0.4) is 0 Å². The first-order valence-electron chi connectivity index (χ1n) is 6.03. The Morgan fingerprint density at radius 2 is 2.00 bits per heavy atom. The van der Waals surface area contributed by atoms with Gasteiger partial charge in [0, 0.05) is 24.2 Å². The van der Waals surface area contributed by atoms with Gasteiger partial charge >= 0.3 is 0 Å². The monoisotopic (exact) mass is 281 g/mol. The average molecular weight is 281 g/mol. The topological polar surface area (TPSA) is 54.9 Å². The van der Waals surface area contributed by atoms with Crippen LogP contribution >= 0.6 is 11.3 Å². The Balaban J connectivity index is 1.74. The Labute approximate surface area is 119 Å². The van der Waals surface area contributed by atoms with E-state index in [1.807, 2.05) is 29.0 Å². The van der Waals surface area contributed by atoms with Crippen molar-refractivity contribution in [2.75, 3.05) is 5.32 Å². The van der Waals surface area contributed by atoms with Crippen LogP contribution in [0.15, 0.2) is 53.5 Å². The van der Waals surface area contributed by atoms with E-state index in [4.69, 9.17) is 0 Å². The molecule has 2 aromatic heterocycles. The lowest BCUT2D eigenvalue weighted by Crippen LogP contribution is -2.07. The summed E-state index contributed by atoms with van der Waals surface area (Å²) in [6, 6.07) is 7.41. The van der Waals surface area contributed by atoms with Gasteiger partial charge in [-0.1, -0.05) is 0 Å². The molecule has 4 nitrogen and oxygen atoms in total. The lowest BCUT2D eigenvalue weighted by molar-refractivity contribution is -0.111. The molecule has 0 aliphatic rings. The lowest BCUT2D eigenvalue weighted by atomic mass is 10.2. The normalized spacial score (nSPS) is 11.0. The predicted molar refractivity (Wildman–Crippen MR) is 81.5 cm³/mol. The average Bonchev–Trinajstić information content (AvgIpc) is 2.98. The van der Waals surface area contributed by atoms with E-state index < -0.39 is 0 Å². The predicted octanol–water partition coefficient (Wildman–Crippen LogP) is 3.34. The van der Waals surface area contributed by atoms with E-state index in [1.165, 1.54) is 6.08 Å². The molecule has 0 spiro atoms. The molecule has 98 valence electrons. The third-order valence-electron chi connectivity index (χ3n) is 2.71. The molecular weight excluding hydrogens is 270 g/mol. The van der Waals surface area contributed by atoms with E-state index in [0.29, 0.717) is 5.69 Å². The third-order valence-corrected chi connectivity index (χ3v) is 3.41. The van der Waals surface area contributed by atoms with Crippen molar-refractivity contribution in [1.29, 1.82) is 0 Å². The number of rotatable bonds is 3. The molecule has 0 radical (unpaired) electrons. The molecule has 3 rings (SSSR count). The number of hydrogen-bond acceptors (Lipinski definition) is 4. The smallest absolute Gasteiger partial charge is 0.248 e. The summed E-state index contributed by atoms with van der Waals surface area (Å²) in [5.41, 5.74) is 3.29. The van der Waals surface area contributed by atoms with Crippen molar-refractivity contribution < 1.29 is 4.79 Å². The molecule has 1 N–H and O–H groups in total. The first-order chi connectivity index (χ1) is 9.81. The van der Waals surface area contributed by atoms with Crippen LogP contribution in [0, 0.1) is 0 Å². The molecule has 5 heteroatoms. The molecule has 0 unspecified atom stereocenters. The minimum absolute atomic E-state index is 0.167. The summed E-state index contributed by atoms with van der Waals surface area (Å²) < 4.78 is 0. The molecule has 0 saturated heterocycles. The van der Waals surface area contributed by atoms with Crippen LogP contribution in [-0.4, -0.2) is 15.9 Å². The van der Waals surface area contributed by atoms with Gasteiger partial charge in [-0.3, -0.25) is 14.8 Å². The quantitative estimate of drug-likeness (QED) is 0.749. The highest BCUT2D eigenvalue weighted by Crippen LogP contribution is 2.15. The van der Waals surface area contributed by atoms with Gasteiger partial charge < -0.3 is 5.32 Å². The number of aromatic nitrogens is 2. The van der Waals surface area contributed by atoms with Gasteiger partial charge in [0.05, 0.1) is 11.0 Å². The maximum atomic E-state index is 11.8. The lowest BCUT2D eigenvalue weighted by Gasteiger charge is -2.03. The van der Waals surface area contributed by atoms with Gasteiger partial charge in [-0.15, -0.1) is 0 Å². The molecular formula is C15H11N3OS. The molecule has 20 heavy (non-hydrogen) atoms. The van der Waals surface area contributed by atoms with Crippen LogP contribution in [0.2, 0.25) is 0 Å². The minimum atomic E-state index is -0.167. The molecule has 0 bridgehead atoms. The van der Waals surface area contributed by atoms with Crippen molar-refractivity contribution in [2.45, 2.75) is 0 Å². The molecule has 1 amide bonds. The summed E-state index contributed by atoms with van der Waals surface area (Å²) in [6.07, 6.45) is 6.57. The SMILES string of the molecule is O=C(C=Cc1ccsc1)Nc1ccc2nccnc2c1. The van der Waals surface area contributed by atoms with Crippen LogP contribution in [-0.2, 0) is 4.79 Å². The number of anilines is 1. The van der Waals surface area contributed by atoms with Crippen molar-refractivity contribution in [1.82, 2.24) is 9.97 Å². The third kappa shape index (κ3) is 2.89. The number of nitrogens with zero attached hydrogens (tertiary/aromatic N) is 2. The molecule has 0 aliphatic heterocycles. The maximum Gasteiger partial charge on any atom is 0.248 e. The van der Waals surface area contributed by atoms with E-state index in [0.717, 1.165) is 16.6 Å². The number of nitrogens with one attached hydrogen (secondary N) is 1. The van der Waals surface area contributed by atoms with Crippen LogP contribution in [0.25, 0.3) is 17.1 Å². The number of carbonyl (C=O) groups excluding carboxylic acids is 1. The second-order valence-electron chi connectivity index (χ2n) is 4.14. The van der Waals surface area contributed by atoms with Gasteiger partial charge in [-0.2, -0.15) is 11.3 Å². The number of benzene rings is 1. The van der Waals surface area contributed by atoms with Gasteiger partial charge in [0.2, 0.25) is 5.91 Å². The highest BCUT2D eigenvalue weighted by Gasteiger charge is 2.01. The molecule has 2 heterocycles. The molecule has 0 aliphatic carbocycles. The van der Waals surface area contributed by atoms with E-state index in [1.54, 1.807) is 35.9 Å². The second kappa shape index (κ2) is 5.63. The highest BCUT2D eigenvalue weighted by molar-refractivity contribution is 7.08. The van der Waals surface area contributed by atoms with E-state index in [2.05, 4.69) is 15.3 Å². The highest BCUT2D eigenvalue weighted by atomic mass is 32.1. The minimum Gasteiger partial charge on any atom is -0.322 e. The van der Waals surface area contributed by atoms with Gasteiger partial charge in [0.25, 0.3) is 0 Å². The number of thiophene rings is 1. The fraction of sp³-hybridized carbons (Fsp3) is 0. The molecule has 0 fully saturated rings. The van der Waals surface area contributed by atoms with E-state index >= 15 is 0 Å². The summed E-state index contributed by atoms with van der Waals surface area (Å²) in [7, 11) is 0. The van der Waals surface area contributed by atoms with Gasteiger partial charge in [-0.05, 0) is 46.7 Å². The Bertz CT molecular complexity index is 766. The van der Waals surface area contributed by atoms with Crippen LogP contribution < -0.4 is 5.32 Å². The molecule has 1 aromatic carbocycles. The molecule has 3 aromatic rings. The fourth-order valence-electron chi connectivity index (χ4n) is 1.77. The maximum absolute atomic E-state index is 11.8. The Morgan fingerprint density at radius 1 is 1.15 bits per heavy atom. The zero-order chi connectivity index (χ0) is 13.8. The zero-order valence-corrected chi connectivity index (χ0v) is 11.3. The zero-order valence-electron chi connectivity index (χ0n) is 10.5. The van der Waals surface area contributed by atoms with Crippen LogP contribution in [0.1, 0.15) is 5.56 Å². The summed E-state index contributed by atoms with van der Waals surface area (Å²) in [4.78, 5) is 20.2.